The highest BCUT2D eigenvalue weighted by atomic mass is 16.2. The lowest BCUT2D eigenvalue weighted by Gasteiger charge is -2.34. The lowest BCUT2D eigenvalue weighted by atomic mass is 10.0. The van der Waals surface area contributed by atoms with E-state index in [0.717, 1.165) is 23.4 Å². The van der Waals surface area contributed by atoms with Crippen LogP contribution in [0.3, 0.4) is 0 Å². The number of carbonyl (C=O) groups excluding carboxylic acids is 1. The van der Waals surface area contributed by atoms with E-state index in [1.807, 2.05) is 34.9 Å². The highest BCUT2D eigenvalue weighted by Gasteiger charge is 2.29. The van der Waals surface area contributed by atoms with Crippen molar-refractivity contribution in [3.05, 3.63) is 28.8 Å². The van der Waals surface area contributed by atoms with Crippen molar-refractivity contribution in [2.24, 2.45) is 0 Å². The smallest absolute Gasteiger partial charge is 0.282 e. The summed E-state index contributed by atoms with van der Waals surface area (Å²) < 4.78 is 0.639. The second-order valence-electron chi connectivity index (χ2n) is 5.86. The van der Waals surface area contributed by atoms with Crippen LogP contribution in [0.4, 0.5) is 5.69 Å². The maximum atomic E-state index is 12.4. The summed E-state index contributed by atoms with van der Waals surface area (Å²) in [6.45, 7) is 8.72. The number of carbonyl (C=O) groups is 1. The zero-order chi connectivity index (χ0) is 15.5. The van der Waals surface area contributed by atoms with Gasteiger partial charge in [0, 0.05) is 5.69 Å². The first-order valence-corrected chi connectivity index (χ1v) is 6.87. The van der Waals surface area contributed by atoms with E-state index in [0.29, 0.717) is 10.0 Å². The Morgan fingerprint density at radius 2 is 1.85 bits per heavy atom. The Morgan fingerprint density at radius 1 is 1.35 bits per heavy atom. The van der Waals surface area contributed by atoms with E-state index in [4.69, 9.17) is 5.26 Å². The number of hydrogen-bond donors (Lipinski definition) is 1. The number of nitrogens with zero attached hydrogens (tertiary/aromatic N) is 2. The minimum atomic E-state index is -0.130. The highest BCUT2D eigenvalue weighted by molar-refractivity contribution is 5.95. The molecule has 1 aromatic rings. The molecule has 0 aliphatic rings. The zero-order valence-electron chi connectivity index (χ0n) is 13.2. The molecule has 0 saturated heterocycles. The van der Waals surface area contributed by atoms with Gasteiger partial charge < -0.3 is 9.80 Å². The molecule has 1 amide bonds. The van der Waals surface area contributed by atoms with Gasteiger partial charge in [-0.15, -0.1) is 0 Å². The van der Waals surface area contributed by atoms with Crippen molar-refractivity contribution in [2.75, 3.05) is 26.0 Å². The average Bonchev–Trinajstić information content (AvgIpc) is 2.41. The molecule has 0 radical (unpaired) electrons. The Labute approximate surface area is 121 Å². The van der Waals surface area contributed by atoms with E-state index in [1.54, 1.807) is 12.1 Å². The first-order chi connectivity index (χ1) is 9.22. The molecule has 0 aliphatic heterocycles. The summed E-state index contributed by atoms with van der Waals surface area (Å²) in [6, 6.07) is 5.60. The van der Waals surface area contributed by atoms with Crippen LogP contribution in [0.1, 0.15) is 30.5 Å². The molecule has 0 heterocycles. The number of aryl methyl sites for hydroxylation is 2. The summed E-state index contributed by atoms with van der Waals surface area (Å²) in [7, 11) is 4.09. The van der Waals surface area contributed by atoms with E-state index < -0.39 is 0 Å². The van der Waals surface area contributed by atoms with E-state index in [9.17, 15) is 4.79 Å². The van der Waals surface area contributed by atoms with Gasteiger partial charge >= 0.3 is 0 Å². The second-order valence-corrected chi connectivity index (χ2v) is 5.86. The second kappa shape index (κ2) is 6.06. The van der Waals surface area contributed by atoms with Crippen molar-refractivity contribution in [1.29, 1.82) is 5.26 Å². The molecule has 1 N–H and O–H groups in total. The minimum Gasteiger partial charge on any atom is -0.320 e. The van der Waals surface area contributed by atoms with Gasteiger partial charge in [0.15, 0.2) is 6.04 Å². The Bertz CT molecular complexity index is 532. The van der Waals surface area contributed by atoms with Gasteiger partial charge in [-0.2, -0.15) is 5.26 Å². The molecule has 0 saturated carbocycles. The van der Waals surface area contributed by atoms with Gasteiger partial charge in [0.1, 0.15) is 0 Å². The standard InChI is InChI=1S/C16H23N3O/c1-7-19(5,6)13(4)16(20)18-15-11(2)8-14(10-17)9-12(15)3/h8-9,13H,7H2,1-6H3/p+1. The van der Waals surface area contributed by atoms with Crippen LogP contribution < -0.4 is 5.32 Å². The normalized spacial score (nSPS) is 12.7. The molecule has 1 aromatic carbocycles. The molecule has 4 nitrogen and oxygen atoms in total. The van der Waals surface area contributed by atoms with Crippen LogP contribution in [0, 0.1) is 25.2 Å². The first kappa shape index (κ1) is 16.2. The van der Waals surface area contributed by atoms with Crippen LogP contribution in [0.15, 0.2) is 12.1 Å². The van der Waals surface area contributed by atoms with Crippen molar-refractivity contribution >= 4 is 11.6 Å². The number of amides is 1. The van der Waals surface area contributed by atoms with Gasteiger partial charge in [-0.25, -0.2) is 0 Å². The van der Waals surface area contributed by atoms with E-state index in [1.165, 1.54) is 0 Å². The molecule has 108 valence electrons. The molecule has 0 bridgehead atoms. The van der Waals surface area contributed by atoms with Crippen molar-refractivity contribution in [2.45, 2.75) is 33.7 Å². The predicted octanol–water partition coefficient (Wildman–Crippen LogP) is 2.60. The van der Waals surface area contributed by atoms with Crippen molar-refractivity contribution in [3.63, 3.8) is 0 Å². The molecule has 0 aliphatic carbocycles. The van der Waals surface area contributed by atoms with Gasteiger partial charge in [0.05, 0.1) is 32.3 Å². The van der Waals surface area contributed by atoms with Crippen LogP contribution >= 0.6 is 0 Å². The number of benzene rings is 1. The monoisotopic (exact) mass is 274 g/mol. The van der Waals surface area contributed by atoms with E-state index in [2.05, 4.69) is 18.3 Å². The molecular formula is C16H24N3O+. The number of anilines is 1. The van der Waals surface area contributed by atoms with Crippen LogP contribution in [-0.2, 0) is 4.79 Å². The number of likely N-dealkylation sites (N-methyl/N-ethyl adjacent to an activating group) is 1. The Balaban J connectivity index is 3.01. The number of rotatable bonds is 4. The number of nitriles is 1. The molecular weight excluding hydrogens is 250 g/mol. The van der Waals surface area contributed by atoms with Gasteiger partial charge in [0.25, 0.3) is 5.91 Å². The Kier molecular flexibility index (Phi) is 4.91. The summed E-state index contributed by atoms with van der Waals surface area (Å²) in [5.74, 6) is 0.00718. The third kappa shape index (κ3) is 3.37. The van der Waals surface area contributed by atoms with Crippen molar-refractivity contribution in [3.8, 4) is 6.07 Å². The quantitative estimate of drug-likeness (QED) is 0.858. The molecule has 1 atom stereocenters. The largest absolute Gasteiger partial charge is 0.320 e. The number of quaternary nitrogens is 1. The average molecular weight is 274 g/mol. The molecule has 0 spiro atoms. The summed E-state index contributed by atoms with van der Waals surface area (Å²) in [4.78, 5) is 12.4. The van der Waals surface area contributed by atoms with E-state index in [-0.39, 0.29) is 11.9 Å². The first-order valence-electron chi connectivity index (χ1n) is 6.87. The molecule has 0 aromatic heterocycles. The van der Waals surface area contributed by atoms with Crippen molar-refractivity contribution < 1.29 is 9.28 Å². The topological polar surface area (TPSA) is 52.9 Å². The van der Waals surface area contributed by atoms with Crippen LogP contribution in [0.5, 0.6) is 0 Å². The number of nitrogens with one attached hydrogen (secondary N) is 1. The lowest BCUT2D eigenvalue weighted by molar-refractivity contribution is -0.902. The Hall–Kier alpha value is -1.86. The maximum Gasteiger partial charge on any atom is 0.282 e. The summed E-state index contributed by atoms with van der Waals surface area (Å²) in [6.07, 6.45) is 0. The number of hydrogen-bond acceptors (Lipinski definition) is 2. The van der Waals surface area contributed by atoms with Crippen LogP contribution in [0.2, 0.25) is 0 Å². The molecule has 1 rings (SSSR count). The van der Waals surface area contributed by atoms with E-state index >= 15 is 0 Å². The van der Waals surface area contributed by atoms with Gasteiger partial charge in [0.2, 0.25) is 0 Å². The third-order valence-corrected chi connectivity index (χ3v) is 4.15. The van der Waals surface area contributed by atoms with Crippen LogP contribution in [0.25, 0.3) is 0 Å². The van der Waals surface area contributed by atoms with Gasteiger partial charge in [-0.1, -0.05) is 0 Å². The summed E-state index contributed by atoms with van der Waals surface area (Å²) in [5, 5.41) is 12.0. The molecule has 0 fully saturated rings. The molecule has 20 heavy (non-hydrogen) atoms. The van der Waals surface area contributed by atoms with Gasteiger partial charge in [-0.3, -0.25) is 4.79 Å². The zero-order valence-corrected chi connectivity index (χ0v) is 13.2. The van der Waals surface area contributed by atoms with Crippen molar-refractivity contribution in [1.82, 2.24) is 0 Å². The lowest BCUT2D eigenvalue weighted by Crippen LogP contribution is -2.52. The summed E-state index contributed by atoms with van der Waals surface area (Å²) in [5.41, 5.74) is 3.28. The molecule has 4 heteroatoms. The fraction of sp³-hybridized carbons (Fsp3) is 0.500. The van der Waals surface area contributed by atoms with Gasteiger partial charge in [-0.05, 0) is 51.0 Å². The highest BCUT2D eigenvalue weighted by Crippen LogP contribution is 2.22. The molecule has 1 unspecified atom stereocenters. The third-order valence-electron chi connectivity index (χ3n) is 4.15. The Morgan fingerprint density at radius 3 is 2.25 bits per heavy atom. The summed E-state index contributed by atoms with van der Waals surface area (Å²) >= 11 is 0. The SMILES string of the molecule is CC[N+](C)(C)C(C)C(=O)Nc1c(C)cc(C#N)cc1C. The minimum absolute atomic E-state index is 0.00718. The van der Waals surface area contributed by atoms with Crippen LogP contribution in [-0.4, -0.2) is 37.1 Å². The fourth-order valence-corrected chi connectivity index (χ4v) is 2.04. The predicted molar refractivity (Wildman–Crippen MR) is 81.4 cm³/mol. The fourth-order valence-electron chi connectivity index (χ4n) is 2.04. The maximum absolute atomic E-state index is 12.4.